The Balaban J connectivity index is 1.85. The van der Waals surface area contributed by atoms with Gasteiger partial charge in [-0.15, -0.1) is 0 Å². The summed E-state index contributed by atoms with van der Waals surface area (Å²) in [5, 5.41) is 9.99. The van der Waals surface area contributed by atoms with Crippen LogP contribution in [0.1, 0.15) is 22.8 Å². The second kappa shape index (κ2) is 9.65. The predicted molar refractivity (Wildman–Crippen MR) is 121 cm³/mol. The Morgan fingerprint density at radius 1 is 1.30 bits per heavy atom. The average Bonchev–Trinajstić information content (AvgIpc) is 3.01. The van der Waals surface area contributed by atoms with Gasteiger partial charge in [0.15, 0.2) is 5.17 Å². The largest absolute Gasteiger partial charge is 0.488 e. The molecule has 2 aromatic rings. The molecule has 1 fully saturated rings. The van der Waals surface area contributed by atoms with Crippen LogP contribution in [0.4, 0.5) is 5.69 Å². The number of hydrogen-bond acceptors (Lipinski definition) is 5. The number of carboxylic acid groups (broad SMARTS) is 1. The van der Waals surface area contributed by atoms with Crippen molar-refractivity contribution in [3.05, 3.63) is 76.2 Å². The summed E-state index contributed by atoms with van der Waals surface area (Å²) in [4.78, 5) is 30.4. The lowest BCUT2D eigenvalue weighted by molar-refractivity contribution is -0.122. The Labute approximate surface area is 183 Å². The second-order valence-corrected chi connectivity index (χ2v) is 7.61. The van der Waals surface area contributed by atoms with Gasteiger partial charge in [0, 0.05) is 6.54 Å². The van der Waals surface area contributed by atoms with Gasteiger partial charge in [0.2, 0.25) is 0 Å². The molecule has 0 saturated carbocycles. The summed E-state index contributed by atoms with van der Waals surface area (Å²) >= 11 is 7.52. The van der Waals surface area contributed by atoms with Gasteiger partial charge < -0.3 is 9.84 Å². The molecule has 1 amide bonds. The Morgan fingerprint density at radius 2 is 2.03 bits per heavy atom. The highest BCUT2D eigenvalue weighted by Gasteiger charge is 2.32. The lowest BCUT2D eigenvalue weighted by atomic mass is 10.2. The van der Waals surface area contributed by atoms with E-state index in [1.54, 1.807) is 41.3 Å². The van der Waals surface area contributed by atoms with Crippen LogP contribution in [0.15, 0.2) is 65.0 Å². The summed E-state index contributed by atoms with van der Waals surface area (Å²) in [5.41, 5.74) is 1.52. The molecule has 1 heterocycles. The number of amides is 1. The molecule has 0 aromatic heterocycles. The number of amidine groups is 1. The summed E-state index contributed by atoms with van der Waals surface area (Å²) in [6.45, 7) is 6.29. The molecular weight excluding hydrogens is 424 g/mol. The zero-order valence-corrected chi connectivity index (χ0v) is 17.7. The normalized spacial score (nSPS) is 16.3. The molecule has 2 aromatic carbocycles. The summed E-state index contributed by atoms with van der Waals surface area (Å²) in [6.07, 6.45) is 3.39. The molecule has 0 atom stereocenters. The minimum atomic E-state index is -1.00. The van der Waals surface area contributed by atoms with E-state index < -0.39 is 5.97 Å². The summed E-state index contributed by atoms with van der Waals surface area (Å²) in [6, 6.07) is 11.5. The van der Waals surface area contributed by atoms with Crippen molar-refractivity contribution in [3.8, 4) is 5.75 Å². The Hall–Kier alpha value is -3.03. The van der Waals surface area contributed by atoms with Crippen LogP contribution in [0, 0.1) is 0 Å². The molecule has 30 heavy (non-hydrogen) atoms. The maximum atomic E-state index is 12.8. The van der Waals surface area contributed by atoms with E-state index in [2.05, 4.69) is 11.6 Å². The van der Waals surface area contributed by atoms with E-state index in [9.17, 15) is 9.59 Å². The van der Waals surface area contributed by atoms with Crippen molar-refractivity contribution in [2.75, 3.05) is 13.2 Å². The molecule has 0 spiro atoms. The molecule has 1 aliphatic rings. The van der Waals surface area contributed by atoms with E-state index in [0.717, 1.165) is 5.56 Å². The standard InChI is InChI=1S/C22H19ClN2O4S/c1-3-11-29-18-10-5-14(12-17(18)23)13-19-20(26)25(4-2)22(30-19)24-16-8-6-15(7-9-16)21(27)28/h3,5-10,12-13H,1,4,11H2,2H3,(H,27,28). The number of rotatable bonds is 7. The molecule has 1 aliphatic heterocycles. The van der Waals surface area contributed by atoms with Gasteiger partial charge in [-0.3, -0.25) is 9.69 Å². The highest BCUT2D eigenvalue weighted by molar-refractivity contribution is 8.18. The fourth-order valence-corrected chi connectivity index (χ4v) is 3.99. The van der Waals surface area contributed by atoms with Crippen molar-refractivity contribution in [1.82, 2.24) is 4.90 Å². The minimum Gasteiger partial charge on any atom is -0.488 e. The third-order valence-electron chi connectivity index (χ3n) is 4.15. The van der Waals surface area contributed by atoms with E-state index >= 15 is 0 Å². The Bertz CT molecular complexity index is 1050. The van der Waals surface area contributed by atoms with Crippen LogP contribution in [-0.4, -0.2) is 40.2 Å². The number of ether oxygens (including phenoxy) is 1. The van der Waals surface area contributed by atoms with Gasteiger partial charge in [-0.25, -0.2) is 9.79 Å². The highest BCUT2D eigenvalue weighted by atomic mass is 35.5. The molecule has 3 rings (SSSR count). The van der Waals surface area contributed by atoms with Crippen LogP contribution in [0.25, 0.3) is 6.08 Å². The van der Waals surface area contributed by atoms with Gasteiger partial charge in [0.25, 0.3) is 5.91 Å². The maximum absolute atomic E-state index is 12.8. The molecule has 0 bridgehead atoms. The Kier molecular flexibility index (Phi) is 6.97. The first-order chi connectivity index (χ1) is 14.4. The van der Waals surface area contributed by atoms with Crippen LogP contribution in [0.2, 0.25) is 5.02 Å². The van der Waals surface area contributed by atoms with Gasteiger partial charge in [-0.1, -0.05) is 30.3 Å². The SMILES string of the molecule is C=CCOc1ccc(C=C2SC(=Nc3ccc(C(=O)O)cc3)N(CC)C2=O)cc1Cl. The quantitative estimate of drug-likeness (QED) is 0.469. The van der Waals surface area contributed by atoms with E-state index in [1.165, 1.54) is 23.9 Å². The third-order valence-corrected chi connectivity index (χ3v) is 5.46. The second-order valence-electron chi connectivity index (χ2n) is 6.20. The molecule has 6 nitrogen and oxygen atoms in total. The lowest BCUT2D eigenvalue weighted by Gasteiger charge is -2.12. The molecule has 154 valence electrons. The summed E-state index contributed by atoms with van der Waals surface area (Å²) in [7, 11) is 0. The van der Waals surface area contributed by atoms with Crippen LogP contribution in [0.5, 0.6) is 5.75 Å². The predicted octanol–water partition coefficient (Wildman–Crippen LogP) is 5.23. The molecular formula is C22H19ClN2O4S. The maximum Gasteiger partial charge on any atom is 0.335 e. The van der Waals surface area contributed by atoms with Crippen LogP contribution in [-0.2, 0) is 4.79 Å². The molecule has 0 unspecified atom stereocenters. The summed E-state index contributed by atoms with van der Waals surface area (Å²) in [5.74, 6) is -0.600. The zero-order valence-electron chi connectivity index (χ0n) is 16.2. The van der Waals surface area contributed by atoms with Gasteiger partial charge >= 0.3 is 5.97 Å². The number of halogens is 1. The summed E-state index contributed by atoms with van der Waals surface area (Å²) < 4.78 is 5.47. The number of benzene rings is 2. The lowest BCUT2D eigenvalue weighted by Crippen LogP contribution is -2.28. The fourth-order valence-electron chi connectivity index (χ4n) is 2.68. The van der Waals surface area contributed by atoms with Crippen LogP contribution >= 0.6 is 23.4 Å². The Morgan fingerprint density at radius 3 is 2.63 bits per heavy atom. The number of carboxylic acids is 1. The first-order valence-electron chi connectivity index (χ1n) is 9.09. The van der Waals surface area contributed by atoms with Gasteiger partial charge in [-0.05, 0) is 66.7 Å². The molecule has 0 radical (unpaired) electrons. The molecule has 1 saturated heterocycles. The van der Waals surface area contributed by atoms with Crippen molar-refractivity contribution < 1.29 is 19.4 Å². The van der Waals surface area contributed by atoms with Crippen molar-refractivity contribution in [2.45, 2.75) is 6.92 Å². The number of aliphatic imine (C=N–C) groups is 1. The number of carbonyl (C=O) groups excluding carboxylic acids is 1. The molecule has 1 N–H and O–H groups in total. The topological polar surface area (TPSA) is 79.2 Å². The van der Waals surface area contributed by atoms with Crippen LogP contribution in [0.3, 0.4) is 0 Å². The van der Waals surface area contributed by atoms with Crippen molar-refractivity contribution >= 4 is 52.2 Å². The zero-order chi connectivity index (χ0) is 21.7. The van der Waals surface area contributed by atoms with Gasteiger partial charge in [0.05, 0.1) is 21.2 Å². The fraction of sp³-hybridized carbons (Fsp3) is 0.136. The van der Waals surface area contributed by atoms with Crippen molar-refractivity contribution in [2.24, 2.45) is 4.99 Å². The minimum absolute atomic E-state index is 0.147. The molecule has 8 heteroatoms. The van der Waals surface area contributed by atoms with Crippen molar-refractivity contribution in [3.63, 3.8) is 0 Å². The van der Waals surface area contributed by atoms with E-state index in [0.29, 0.717) is 39.7 Å². The number of nitrogens with zero attached hydrogens (tertiary/aromatic N) is 2. The number of likely N-dealkylation sites (N-methyl/N-ethyl adjacent to an activating group) is 1. The first-order valence-corrected chi connectivity index (χ1v) is 10.3. The number of hydrogen-bond donors (Lipinski definition) is 1. The third kappa shape index (κ3) is 4.93. The van der Waals surface area contributed by atoms with E-state index in [1.807, 2.05) is 13.0 Å². The van der Waals surface area contributed by atoms with Crippen molar-refractivity contribution in [1.29, 1.82) is 0 Å². The first kappa shape index (κ1) is 21.7. The average molecular weight is 443 g/mol. The van der Waals surface area contributed by atoms with E-state index in [-0.39, 0.29) is 11.5 Å². The highest BCUT2D eigenvalue weighted by Crippen LogP contribution is 2.35. The molecule has 0 aliphatic carbocycles. The number of carbonyl (C=O) groups is 2. The number of aromatic carboxylic acids is 1. The van der Waals surface area contributed by atoms with E-state index in [4.69, 9.17) is 21.4 Å². The van der Waals surface area contributed by atoms with Crippen LogP contribution < -0.4 is 4.74 Å². The number of thioether (sulfide) groups is 1. The smallest absolute Gasteiger partial charge is 0.335 e. The van der Waals surface area contributed by atoms with Gasteiger partial charge in [0.1, 0.15) is 12.4 Å². The monoisotopic (exact) mass is 442 g/mol. The van der Waals surface area contributed by atoms with Gasteiger partial charge in [-0.2, -0.15) is 0 Å².